The van der Waals surface area contributed by atoms with E-state index in [1.54, 1.807) is 19.2 Å². The number of amides is 1. The Morgan fingerprint density at radius 2 is 2.00 bits per heavy atom. The van der Waals surface area contributed by atoms with Gasteiger partial charge in [-0.25, -0.2) is 8.78 Å². The zero-order valence-corrected chi connectivity index (χ0v) is 12.5. The summed E-state index contributed by atoms with van der Waals surface area (Å²) in [5.41, 5.74) is 6.17. The lowest BCUT2D eigenvalue weighted by molar-refractivity contribution is 0.0984. The highest BCUT2D eigenvalue weighted by Gasteiger charge is 2.45. The molecule has 116 valence electrons. The highest BCUT2D eigenvalue weighted by Crippen LogP contribution is 2.55. The van der Waals surface area contributed by atoms with Crippen LogP contribution in [0.3, 0.4) is 0 Å². The van der Waals surface area contributed by atoms with Crippen LogP contribution in [0, 0.1) is 0 Å². The molecular formula is C15H14ClF2N3O. The van der Waals surface area contributed by atoms with E-state index in [0.29, 0.717) is 10.7 Å². The number of hydrogen-bond donors (Lipinski definition) is 1. The van der Waals surface area contributed by atoms with Gasteiger partial charge in [-0.05, 0) is 30.0 Å². The minimum atomic E-state index is -2.82. The molecule has 2 atom stereocenters. The summed E-state index contributed by atoms with van der Waals surface area (Å²) in [5, 5.41) is 4.42. The minimum absolute atomic E-state index is 0.0336. The Labute approximate surface area is 130 Å². The number of rotatable bonds is 4. The van der Waals surface area contributed by atoms with Crippen molar-refractivity contribution in [2.75, 3.05) is 0 Å². The number of carbonyl (C=O) groups is 1. The van der Waals surface area contributed by atoms with Crippen LogP contribution in [-0.4, -0.2) is 15.7 Å². The number of aryl methyl sites for hydroxylation is 1. The molecule has 3 rings (SSSR count). The largest absolute Gasteiger partial charge is 0.365 e. The average Bonchev–Trinajstić information content (AvgIpc) is 3.15. The summed E-state index contributed by atoms with van der Waals surface area (Å²) in [6.07, 6.45) is -2.06. The van der Waals surface area contributed by atoms with E-state index in [9.17, 15) is 13.6 Å². The van der Waals surface area contributed by atoms with Crippen LogP contribution in [0.4, 0.5) is 8.78 Å². The highest BCUT2D eigenvalue weighted by atomic mass is 35.5. The van der Waals surface area contributed by atoms with Crippen LogP contribution in [-0.2, 0) is 7.05 Å². The number of alkyl halides is 2. The molecule has 1 aromatic carbocycles. The summed E-state index contributed by atoms with van der Waals surface area (Å²) in [4.78, 5) is 11.6. The van der Waals surface area contributed by atoms with Crippen LogP contribution in [0.25, 0.3) is 0 Å². The lowest BCUT2D eigenvalue weighted by atomic mass is 10.0. The van der Waals surface area contributed by atoms with E-state index < -0.39 is 18.0 Å². The third-order valence-corrected chi connectivity index (χ3v) is 4.26. The molecule has 7 heteroatoms. The second-order valence-corrected chi connectivity index (χ2v) is 5.87. The molecule has 22 heavy (non-hydrogen) atoms. The van der Waals surface area contributed by atoms with Crippen LogP contribution in [0.2, 0.25) is 5.02 Å². The van der Waals surface area contributed by atoms with E-state index in [2.05, 4.69) is 5.10 Å². The standard InChI is InChI=1S/C15H14ClF2N3O/c1-21-13(11(15(19)22)12(20-21)14(17)18)10-6-9(10)7-2-4-8(16)5-3-7/h2-5,9-10,14H,6H2,1H3,(H2,19,22). The van der Waals surface area contributed by atoms with Gasteiger partial charge in [0.05, 0.1) is 11.3 Å². The van der Waals surface area contributed by atoms with E-state index in [0.717, 1.165) is 12.0 Å². The van der Waals surface area contributed by atoms with E-state index in [1.165, 1.54) is 4.68 Å². The maximum atomic E-state index is 13.0. The maximum Gasteiger partial charge on any atom is 0.282 e. The van der Waals surface area contributed by atoms with Crippen molar-refractivity contribution in [2.24, 2.45) is 12.8 Å². The topological polar surface area (TPSA) is 60.9 Å². The van der Waals surface area contributed by atoms with E-state index in [4.69, 9.17) is 17.3 Å². The van der Waals surface area contributed by atoms with E-state index >= 15 is 0 Å². The van der Waals surface area contributed by atoms with Gasteiger partial charge in [0, 0.05) is 18.0 Å². The van der Waals surface area contributed by atoms with Crippen molar-refractivity contribution in [1.82, 2.24) is 9.78 Å². The first-order chi connectivity index (χ1) is 10.4. The summed E-state index contributed by atoms with van der Waals surface area (Å²) >= 11 is 5.86. The second-order valence-electron chi connectivity index (χ2n) is 5.43. The fourth-order valence-corrected chi connectivity index (χ4v) is 3.09. The van der Waals surface area contributed by atoms with Gasteiger partial charge in [0.1, 0.15) is 5.69 Å². The smallest absolute Gasteiger partial charge is 0.282 e. The van der Waals surface area contributed by atoms with Crippen LogP contribution in [0.5, 0.6) is 0 Å². The third-order valence-electron chi connectivity index (χ3n) is 4.01. The Kier molecular flexibility index (Phi) is 3.64. The summed E-state index contributed by atoms with van der Waals surface area (Å²) < 4.78 is 27.4. The molecule has 1 amide bonds. The molecule has 1 aromatic heterocycles. The first kappa shape index (κ1) is 15.0. The monoisotopic (exact) mass is 325 g/mol. The summed E-state index contributed by atoms with van der Waals surface area (Å²) in [7, 11) is 1.56. The Morgan fingerprint density at radius 3 is 2.55 bits per heavy atom. The van der Waals surface area contributed by atoms with Gasteiger partial charge < -0.3 is 5.73 Å². The predicted octanol–water partition coefficient (Wildman–Crippen LogP) is 3.38. The molecule has 1 heterocycles. The van der Waals surface area contributed by atoms with Crippen molar-refractivity contribution in [3.8, 4) is 0 Å². The van der Waals surface area contributed by atoms with E-state index in [1.807, 2.05) is 12.1 Å². The fourth-order valence-electron chi connectivity index (χ4n) is 2.96. The van der Waals surface area contributed by atoms with Crippen LogP contribution in [0.1, 0.15) is 52.0 Å². The molecule has 1 fully saturated rings. The zero-order chi connectivity index (χ0) is 16.0. The highest BCUT2D eigenvalue weighted by molar-refractivity contribution is 6.30. The number of primary amides is 1. The molecule has 2 N–H and O–H groups in total. The van der Waals surface area contributed by atoms with Crippen molar-refractivity contribution in [2.45, 2.75) is 24.7 Å². The Bertz CT molecular complexity index is 727. The molecule has 2 aromatic rings. The molecule has 0 spiro atoms. The molecule has 0 radical (unpaired) electrons. The van der Waals surface area contributed by atoms with Crippen LogP contribution >= 0.6 is 11.6 Å². The Hall–Kier alpha value is -1.95. The van der Waals surface area contributed by atoms with Crippen molar-refractivity contribution in [3.63, 3.8) is 0 Å². The summed E-state index contributed by atoms with van der Waals surface area (Å²) in [5.74, 6) is -0.731. The van der Waals surface area contributed by atoms with Gasteiger partial charge in [-0.1, -0.05) is 23.7 Å². The van der Waals surface area contributed by atoms with Gasteiger partial charge in [-0.2, -0.15) is 5.10 Å². The van der Waals surface area contributed by atoms with Crippen molar-refractivity contribution >= 4 is 17.5 Å². The van der Waals surface area contributed by atoms with Crippen molar-refractivity contribution in [1.29, 1.82) is 0 Å². The van der Waals surface area contributed by atoms with Crippen molar-refractivity contribution < 1.29 is 13.6 Å². The van der Waals surface area contributed by atoms with Crippen LogP contribution in [0.15, 0.2) is 24.3 Å². The van der Waals surface area contributed by atoms with Crippen LogP contribution < -0.4 is 5.73 Å². The predicted molar refractivity (Wildman–Crippen MR) is 78.2 cm³/mol. The minimum Gasteiger partial charge on any atom is -0.365 e. The first-order valence-electron chi connectivity index (χ1n) is 6.80. The third kappa shape index (κ3) is 2.47. The molecule has 1 saturated carbocycles. The molecule has 1 aliphatic carbocycles. The van der Waals surface area contributed by atoms with Gasteiger partial charge in [-0.15, -0.1) is 0 Å². The Morgan fingerprint density at radius 1 is 1.36 bits per heavy atom. The summed E-state index contributed by atoms with van der Waals surface area (Å²) in [6.45, 7) is 0. The SMILES string of the molecule is Cn1nc(C(F)F)c(C(N)=O)c1C1CC1c1ccc(Cl)cc1. The number of halogens is 3. The number of hydrogen-bond acceptors (Lipinski definition) is 2. The Balaban J connectivity index is 1.97. The number of benzene rings is 1. The number of carbonyl (C=O) groups excluding carboxylic acids is 1. The quantitative estimate of drug-likeness (QED) is 0.936. The molecule has 1 aliphatic rings. The molecule has 0 saturated heterocycles. The number of nitrogens with zero attached hydrogens (tertiary/aromatic N) is 2. The molecule has 0 bridgehead atoms. The first-order valence-corrected chi connectivity index (χ1v) is 7.18. The normalized spacial score (nSPS) is 20.4. The van der Waals surface area contributed by atoms with Crippen molar-refractivity contribution in [3.05, 3.63) is 51.8 Å². The summed E-state index contributed by atoms with van der Waals surface area (Å²) in [6, 6.07) is 7.38. The molecule has 4 nitrogen and oxygen atoms in total. The second kappa shape index (κ2) is 5.35. The maximum absolute atomic E-state index is 13.0. The molecule has 0 aliphatic heterocycles. The fraction of sp³-hybridized carbons (Fsp3) is 0.333. The lowest BCUT2D eigenvalue weighted by Crippen LogP contribution is -2.15. The van der Waals surface area contributed by atoms with Gasteiger partial charge >= 0.3 is 0 Å². The molecular weight excluding hydrogens is 312 g/mol. The van der Waals surface area contributed by atoms with Gasteiger partial charge in [-0.3, -0.25) is 9.48 Å². The zero-order valence-electron chi connectivity index (χ0n) is 11.8. The lowest BCUT2D eigenvalue weighted by Gasteiger charge is -2.05. The number of nitrogens with two attached hydrogens (primary N) is 1. The van der Waals surface area contributed by atoms with Gasteiger partial charge in [0.25, 0.3) is 12.3 Å². The van der Waals surface area contributed by atoms with Gasteiger partial charge in [0.2, 0.25) is 0 Å². The number of aromatic nitrogens is 2. The average molecular weight is 326 g/mol. The molecule has 2 unspecified atom stereocenters. The van der Waals surface area contributed by atoms with Gasteiger partial charge in [0.15, 0.2) is 0 Å². The van der Waals surface area contributed by atoms with E-state index in [-0.39, 0.29) is 17.4 Å².